The maximum atomic E-state index is 13.8. The summed E-state index contributed by atoms with van der Waals surface area (Å²) in [5.41, 5.74) is 4.88. The van der Waals surface area contributed by atoms with Gasteiger partial charge in [-0.15, -0.1) is 12.8 Å². The molecule has 0 bridgehead atoms. The van der Waals surface area contributed by atoms with E-state index in [0.29, 0.717) is 49.2 Å². The Bertz CT molecular complexity index is 2200. The molecule has 4 heterocycles. The number of aromatic amines is 2. The number of nitrogens with one attached hydrogen (secondary N) is 4. The van der Waals surface area contributed by atoms with Crippen molar-refractivity contribution in [1.29, 1.82) is 0 Å². The van der Waals surface area contributed by atoms with E-state index < -0.39 is 18.2 Å². The summed E-state index contributed by atoms with van der Waals surface area (Å²) in [6.07, 6.45) is 13.4. The Morgan fingerprint density at radius 2 is 1.45 bits per heavy atom. The molecule has 18 heteroatoms. The number of aromatic nitrogens is 6. The summed E-state index contributed by atoms with van der Waals surface area (Å²) in [7, 11) is 2.52. The Morgan fingerprint density at radius 1 is 0.800 bits per heavy atom. The van der Waals surface area contributed by atoms with Crippen LogP contribution >= 0.6 is 0 Å². The maximum Gasteiger partial charge on any atom is 0.407 e. The van der Waals surface area contributed by atoms with Crippen LogP contribution in [0, 0.1) is 12.8 Å². The first-order valence-corrected chi connectivity index (χ1v) is 19.7. The lowest BCUT2D eigenvalue weighted by molar-refractivity contribution is -0.134. The quantitative estimate of drug-likeness (QED) is 0.103. The first-order valence-electron chi connectivity index (χ1n) is 19.7. The number of fused-ring (bicyclic) bond motifs is 1. The number of methoxy groups -OCH3 is 2. The highest BCUT2D eigenvalue weighted by atomic mass is 16.5. The van der Waals surface area contributed by atoms with Gasteiger partial charge in [-0.2, -0.15) is 0 Å². The van der Waals surface area contributed by atoms with Gasteiger partial charge >= 0.3 is 12.2 Å². The lowest BCUT2D eigenvalue weighted by atomic mass is 10.1. The number of hydrogen-bond acceptors (Lipinski definition) is 12. The molecule has 0 spiro atoms. The molecule has 6 rings (SSSR count). The number of H-pyrrole nitrogens is 2. The smallest absolute Gasteiger partial charge is 0.407 e. The molecule has 4 amide bonds. The molecule has 60 heavy (non-hydrogen) atoms. The van der Waals surface area contributed by atoms with Crippen LogP contribution in [-0.2, 0) is 32.2 Å². The van der Waals surface area contributed by atoms with Crippen molar-refractivity contribution in [2.75, 3.05) is 69.8 Å². The number of benzene rings is 2. The molecule has 1 aliphatic rings. The molecule has 3 aromatic heterocycles. The van der Waals surface area contributed by atoms with Crippen molar-refractivity contribution in [2.24, 2.45) is 0 Å². The van der Waals surface area contributed by atoms with Crippen molar-refractivity contribution in [3.05, 3.63) is 84.3 Å². The number of amides is 4. The van der Waals surface area contributed by atoms with Crippen LogP contribution < -0.4 is 20.4 Å². The molecule has 0 unspecified atom stereocenters. The molecule has 0 aliphatic carbocycles. The molecular weight excluding hydrogens is 769 g/mol. The van der Waals surface area contributed by atoms with Gasteiger partial charge in [0.2, 0.25) is 17.8 Å². The van der Waals surface area contributed by atoms with Crippen molar-refractivity contribution in [3.63, 3.8) is 0 Å². The van der Waals surface area contributed by atoms with E-state index >= 15 is 0 Å². The van der Waals surface area contributed by atoms with Gasteiger partial charge in [0, 0.05) is 62.9 Å². The predicted octanol–water partition coefficient (Wildman–Crippen LogP) is 4.25. The van der Waals surface area contributed by atoms with Crippen LogP contribution in [0.25, 0.3) is 22.3 Å². The first kappa shape index (κ1) is 44.0. The van der Waals surface area contributed by atoms with Crippen molar-refractivity contribution in [3.8, 4) is 24.1 Å². The van der Waals surface area contributed by atoms with Gasteiger partial charge < -0.3 is 49.7 Å². The van der Waals surface area contributed by atoms with Crippen molar-refractivity contribution < 1.29 is 28.7 Å². The van der Waals surface area contributed by atoms with Gasteiger partial charge in [-0.05, 0) is 36.6 Å². The first-order chi connectivity index (χ1) is 29.2. The van der Waals surface area contributed by atoms with E-state index in [0.717, 1.165) is 60.6 Å². The molecule has 18 nitrogen and oxygen atoms in total. The Morgan fingerprint density at radius 3 is 2.12 bits per heavy atom. The number of alkyl carbamates (subject to hydrolysis) is 2. The fourth-order valence-electron chi connectivity index (χ4n) is 6.78. The van der Waals surface area contributed by atoms with Crippen LogP contribution in [0.4, 0.5) is 21.2 Å². The zero-order valence-corrected chi connectivity index (χ0v) is 34.4. The topological polar surface area (TPSA) is 207 Å². The third kappa shape index (κ3) is 11.3. The number of carbonyl (C=O) groups excluding carboxylic acids is 4. The van der Waals surface area contributed by atoms with E-state index in [9.17, 15) is 19.2 Å². The van der Waals surface area contributed by atoms with Gasteiger partial charge in [-0.1, -0.05) is 44.2 Å². The van der Waals surface area contributed by atoms with Crippen molar-refractivity contribution in [2.45, 2.75) is 45.8 Å². The highest BCUT2D eigenvalue weighted by Crippen LogP contribution is 2.25. The minimum Gasteiger partial charge on any atom is -0.453 e. The standard InChI is InChI=1S/C40H50N12O6.C2H2/c1-5-14-51(35(53)24-44-39(55)57-3)26-34-45-30-13-12-29(20-31(30)46-34)49-16-18-50(19-17-49)38-42-21-28(22-43-38)32-23-41-33(47-32)25-52(15-6-2)37(54)36(48-40(56)58-4)27-10-8-7-9-11-27;1-2/h7-13,20-23,36H,5-6,14-19,24-26H2,1-4H3,(H,41,47)(H,44,55)(H,45,46)(H,48,56);1-2H/t36-;/m1./s1. The summed E-state index contributed by atoms with van der Waals surface area (Å²) in [4.78, 5) is 83.2. The van der Waals surface area contributed by atoms with Gasteiger partial charge in [0.1, 0.15) is 24.2 Å². The van der Waals surface area contributed by atoms with Gasteiger partial charge in [0.15, 0.2) is 0 Å². The monoisotopic (exact) mass is 820 g/mol. The molecule has 1 atom stereocenters. The minimum absolute atomic E-state index is 0.150. The van der Waals surface area contributed by atoms with E-state index in [4.69, 9.17) is 9.72 Å². The average molecular weight is 821 g/mol. The third-order valence-electron chi connectivity index (χ3n) is 9.75. The van der Waals surface area contributed by atoms with Crippen LogP contribution in [0.2, 0.25) is 0 Å². The number of anilines is 2. The lowest BCUT2D eigenvalue weighted by Crippen LogP contribution is -2.47. The molecule has 316 valence electrons. The summed E-state index contributed by atoms with van der Waals surface area (Å²) in [5.74, 6) is 1.40. The Kier molecular flexibility index (Phi) is 15.8. The highest BCUT2D eigenvalue weighted by molar-refractivity contribution is 5.87. The Hall–Kier alpha value is -7.16. The van der Waals surface area contributed by atoms with E-state index in [1.807, 2.05) is 38.1 Å². The second-order valence-electron chi connectivity index (χ2n) is 13.8. The van der Waals surface area contributed by atoms with Crippen molar-refractivity contribution in [1.82, 2.24) is 50.3 Å². The van der Waals surface area contributed by atoms with Crippen LogP contribution in [-0.4, -0.2) is 124 Å². The zero-order chi connectivity index (χ0) is 43.0. The van der Waals surface area contributed by atoms with E-state index in [2.05, 4.69) is 75.1 Å². The van der Waals surface area contributed by atoms with Gasteiger partial charge in [0.25, 0.3) is 0 Å². The molecular formula is C42H52N12O6. The third-order valence-corrected chi connectivity index (χ3v) is 9.75. The van der Waals surface area contributed by atoms with E-state index in [-0.39, 0.29) is 24.9 Å². The van der Waals surface area contributed by atoms with E-state index in [1.54, 1.807) is 40.5 Å². The molecule has 1 saturated heterocycles. The van der Waals surface area contributed by atoms with Gasteiger partial charge in [0.05, 0.1) is 50.2 Å². The number of piperazine rings is 1. The molecule has 5 aromatic rings. The molecule has 0 radical (unpaired) electrons. The lowest BCUT2D eigenvalue weighted by Gasteiger charge is -2.36. The fourth-order valence-corrected chi connectivity index (χ4v) is 6.78. The SMILES string of the molecule is C#C.CCCN(Cc1nc2ccc(N3CCN(c4ncc(-c5cnc(CN(CCC)C(=O)[C@H](NC(=O)OC)c6ccccc6)[nH]5)cn4)CC3)cc2[nH]1)C(=O)CNC(=O)OC. The summed E-state index contributed by atoms with van der Waals surface area (Å²) in [6.45, 7) is 8.31. The Balaban J connectivity index is 0.00000336. The number of carbonyl (C=O) groups is 4. The summed E-state index contributed by atoms with van der Waals surface area (Å²) in [6, 6.07) is 14.3. The minimum atomic E-state index is -0.914. The van der Waals surface area contributed by atoms with Gasteiger partial charge in [-0.3, -0.25) is 9.59 Å². The van der Waals surface area contributed by atoms with E-state index in [1.165, 1.54) is 14.2 Å². The van der Waals surface area contributed by atoms with Crippen molar-refractivity contribution >= 4 is 46.7 Å². The summed E-state index contributed by atoms with van der Waals surface area (Å²) in [5, 5.41) is 5.12. The zero-order valence-electron chi connectivity index (χ0n) is 34.4. The largest absolute Gasteiger partial charge is 0.453 e. The fraction of sp³-hybridized carbons (Fsp3) is 0.381. The number of nitrogens with zero attached hydrogens (tertiary/aromatic N) is 8. The summed E-state index contributed by atoms with van der Waals surface area (Å²) < 4.78 is 9.38. The predicted molar refractivity (Wildman–Crippen MR) is 227 cm³/mol. The molecule has 1 aliphatic heterocycles. The van der Waals surface area contributed by atoms with Crippen LogP contribution in [0.5, 0.6) is 0 Å². The van der Waals surface area contributed by atoms with Crippen LogP contribution in [0.15, 0.2) is 67.1 Å². The second kappa shape index (κ2) is 21.6. The summed E-state index contributed by atoms with van der Waals surface area (Å²) >= 11 is 0. The highest BCUT2D eigenvalue weighted by Gasteiger charge is 2.28. The van der Waals surface area contributed by atoms with Crippen LogP contribution in [0.1, 0.15) is 49.9 Å². The van der Waals surface area contributed by atoms with Crippen LogP contribution in [0.3, 0.4) is 0 Å². The normalized spacial score (nSPS) is 12.8. The number of hydrogen-bond donors (Lipinski definition) is 4. The molecule has 1 fully saturated rings. The van der Waals surface area contributed by atoms with Gasteiger partial charge in [-0.25, -0.2) is 29.5 Å². The Labute approximate surface area is 349 Å². The number of imidazole rings is 2. The second-order valence-corrected chi connectivity index (χ2v) is 13.8. The number of rotatable bonds is 16. The number of ether oxygens (including phenoxy) is 2. The average Bonchev–Trinajstić information content (AvgIpc) is 3.94. The maximum absolute atomic E-state index is 13.8. The molecule has 2 aromatic carbocycles. The molecule has 4 N–H and O–H groups in total. The molecule has 0 saturated carbocycles. The number of terminal acetylenes is 1.